The van der Waals surface area contributed by atoms with Crippen LogP contribution in [0.25, 0.3) is 0 Å². The van der Waals surface area contributed by atoms with Crippen molar-refractivity contribution in [2.24, 2.45) is 5.10 Å². The van der Waals surface area contributed by atoms with Gasteiger partial charge >= 0.3 is 5.97 Å². The van der Waals surface area contributed by atoms with Crippen LogP contribution >= 0.6 is 0 Å². The number of nitrogens with zero attached hydrogens (tertiary/aromatic N) is 1. The average molecular weight is 456 g/mol. The first kappa shape index (κ1) is 25.4. The quantitative estimate of drug-likeness (QED) is 0.288. The Kier molecular flexibility index (Phi) is 10.4. The van der Waals surface area contributed by atoms with Crippen LogP contribution in [0.2, 0.25) is 0 Å². The lowest BCUT2D eigenvalue weighted by molar-refractivity contribution is -0.150. The van der Waals surface area contributed by atoms with Gasteiger partial charge in [-0.15, -0.1) is 0 Å². The van der Waals surface area contributed by atoms with E-state index in [1.54, 1.807) is 62.4 Å². The summed E-state index contributed by atoms with van der Waals surface area (Å²) in [7, 11) is 0. The van der Waals surface area contributed by atoms with E-state index in [1.807, 2.05) is 6.92 Å². The Morgan fingerprint density at radius 3 is 2.18 bits per heavy atom. The van der Waals surface area contributed by atoms with Crippen molar-refractivity contribution in [1.82, 2.24) is 5.43 Å². The molecule has 0 aliphatic heterocycles. The van der Waals surface area contributed by atoms with E-state index < -0.39 is 12.1 Å². The van der Waals surface area contributed by atoms with Crippen molar-refractivity contribution in [2.45, 2.75) is 39.7 Å². The summed E-state index contributed by atoms with van der Waals surface area (Å²) in [5.74, 6) is 0.151. The van der Waals surface area contributed by atoms with E-state index >= 15 is 0 Å². The number of benzene rings is 2. The van der Waals surface area contributed by atoms with Crippen molar-refractivity contribution < 1.29 is 28.6 Å². The highest BCUT2D eigenvalue weighted by molar-refractivity contribution is 5.93. The molecule has 0 bridgehead atoms. The molecule has 2 amide bonds. The number of anilines is 1. The minimum atomic E-state index is -0.713. The molecule has 1 atom stereocenters. The second kappa shape index (κ2) is 13.5. The third-order valence-electron chi connectivity index (χ3n) is 4.24. The van der Waals surface area contributed by atoms with Crippen molar-refractivity contribution in [3.8, 4) is 11.5 Å². The van der Waals surface area contributed by atoms with Crippen LogP contribution in [0.3, 0.4) is 0 Å². The molecule has 0 spiro atoms. The molecule has 0 aliphatic carbocycles. The Morgan fingerprint density at radius 2 is 1.55 bits per heavy atom. The molecule has 0 aliphatic rings. The van der Waals surface area contributed by atoms with Gasteiger partial charge in [-0.2, -0.15) is 5.10 Å². The summed E-state index contributed by atoms with van der Waals surface area (Å²) in [5, 5.41) is 6.62. The second-order valence-electron chi connectivity index (χ2n) is 6.88. The molecule has 9 heteroatoms. The van der Waals surface area contributed by atoms with Gasteiger partial charge in [0.2, 0.25) is 11.8 Å². The Bertz CT molecular complexity index is 942. The summed E-state index contributed by atoms with van der Waals surface area (Å²) in [4.78, 5) is 35.5. The second-order valence-corrected chi connectivity index (χ2v) is 6.88. The van der Waals surface area contributed by atoms with Crippen molar-refractivity contribution in [2.75, 3.05) is 18.5 Å². The molecule has 1 unspecified atom stereocenters. The molecule has 33 heavy (non-hydrogen) atoms. The van der Waals surface area contributed by atoms with Crippen LogP contribution in [0.1, 0.15) is 39.2 Å². The minimum absolute atomic E-state index is 0.00126. The first-order valence-corrected chi connectivity index (χ1v) is 10.7. The fraction of sp³-hybridized carbons (Fsp3) is 0.333. The summed E-state index contributed by atoms with van der Waals surface area (Å²) < 4.78 is 15.8. The van der Waals surface area contributed by atoms with E-state index in [2.05, 4.69) is 15.8 Å². The summed E-state index contributed by atoms with van der Waals surface area (Å²) >= 11 is 0. The third-order valence-corrected chi connectivity index (χ3v) is 4.24. The molecule has 2 N–H and O–H groups in total. The van der Waals surface area contributed by atoms with E-state index in [4.69, 9.17) is 14.2 Å². The summed E-state index contributed by atoms with van der Waals surface area (Å²) in [5.41, 5.74) is 3.74. The van der Waals surface area contributed by atoms with Gasteiger partial charge in [-0.1, -0.05) is 0 Å². The van der Waals surface area contributed by atoms with E-state index in [-0.39, 0.29) is 24.7 Å². The number of amides is 2. The Hall–Kier alpha value is -3.88. The van der Waals surface area contributed by atoms with Gasteiger partial charge in [0.25, 0.3) is 0 Å². The van der Waals surface area contributed by atoms with Crippen molar-refractivity contribution in [3.05, 3.63) is 54.1 Å². The lowest BCUT2D eigenvalue weighted by atomic mass is 10.2. The lowest BCUT2D eigenvalue weighted by Crippen LogP contribution is -2.26. The van der Waals surface area contributed by atoms with Crippen molar-refractivity contribution in [1.29, 1.82) is 0 Å². The van der Waals surface area contributed by atoms with E-state index in [0.717, 1.165) is 11.3 Å². The van der Waals surface area contributed by atoms with Crippen molar-refractivity contribution in [3.63, 3.8) is 0 Å². The molecule has 0 radical (unpaired) electrons. The predicted molar refractivity (Wildman–Crippen MR) is 124 cm³/mol. The maximum absolute atomic E-state index is 12.0. The molecule has 2 aromatic rings. The number of rotatable bonds is 12. The van der Waals surface area contributed by atoms with Gasteiger partial charge in [-0.05, 0) is 74.9 Å². The van der Waals surface area contributed by atoms with Crippen molar-refractivity contribution >= 4 is 29.7 Å². The molecule has 9 nitrogen and oxygen atoms in total. The Balaban J connectivity index is 1.71. The van der Waals surface area contributed by atoms with Gasteiger partial charge < -0.3 is 19.5 Å². The fourth-order valence-corrected chi connectivity index (χ4v) is 2.63. The third kappa shape index (κ3) is 9.42. The number of hydrazone groups is 1. The predicted octanol–water partition coefficient (Wildman–Crippen LogP) is 3.28. The zero-order valence-corrected chi connectivity index (χ0v) is 19.0. The fourth-order valence-electron chi connectivity index (χ4n) is 2.63. The number of hydrogen-bond acceptors (Lipinski definition) is 7. The number of ether oxygens (including phenoxy) is 3. The number of hydrogen-bond donors (Lipinski definition) is 2. The highest BCUT2D eigenvalue weighted by Crippen LogP contribution is 2.16. The summed E-state index contributed by atoms with van der Waals surface area (Å²) in [6, 6.07) is 13.8. The maximum Gasteiger partial charge on any atom is 0.347 e. The molecule has 176 valence electrons. The SMILES string of the molecule is CCOC(=O)C(C)Oc1ccc(C=NNC(=O)CCC(=O)Nc2ccc(OCC)cc2)cc1. The molecule has 0 saturated carbocycles. The number of carbonyl (C=O) groups excluding carboxylic acids is 3. The maximum atomic E-state index is 12.0. The van der Waals surface area contributed by atoms with Crippen LogP contribution < -0.4 is 20.2 Å². The first-order valence-electron chi connectivity index (χ1n) is 10.7. The van der Waals surface area contributed by atoms with Crippen LogP contribution in [0.5, 0.6) is 11.5 Å². The first-order chi connectivity index (χ1) is 15.9. The molecule has 0 aromatic heterocycles. The molecule has 0 heterocycles. The molecule has 2 aromatic carbocycles. The number of esters is 1. The van der Waals surface area contributed by atoms with Gasteiger partial charge in [0.05, 0.1) is 19.4 Å². The zero-order chi connectivity index (χ0) is 24.1. The summed E-state index contributed by atoms with van der Waals surface area (Å²) in [6.45, 7) is 6.10. The molecular formula is C24H29N3O6. The largest absolute Gasteiger partial charge is 0.494 e. The van der Waals surface area contributed by atoms with E-state index in [0.29, 0.717) is 24.7 Å². The van der Waals surface area contributed by atoms with Crippen LogP contribution in [0.4, 0.5) is 5.69 Å². The van der Waals surface area contributed by atoms with Crippen LogP contribution in [0.15, 0.2) is 53.6 Å². The van der Waals surface area contributed by atoms with Gasteiger partial charge in [-0.25, -0.2) is 10.2 Å². The highest BCUT2D eigenvalue weighted by atomic mass is 16.6. The average Bonchev–Trinajstić information content (AvgIpc) is 2.80. The van der Waals surface area contributed by atoms with Gasteiger partial charge in [0.15, 0.2) is 6.10 Å². The van der Waals surface area contributed by atoms with Gasteiger partial charge in [0, 0.05) is 18.5 Å². The topological polar surface area (TPSA) is 115 Å². The van der Waals surface area contributed by atoms with E-state index in [1.165, 1.54) is 6.21 Å². The Labute approximate surface area is 193 Å². The highest BCUT2D eigenvalue weighted by Gasteiger charge is 2.15. The molecule has 0 fully saturated rings. The normalized spacial score (nSPS) is 11.5. The molecule has 0 saturated heterocycles. The number of nitrogens with one attached hydrogen (secondary N) is 2. The summed E-state index contributed by atoms with van der Waals surface area (Å²) in [6.07, 6.45) is 0.782. The lowest BCUT2D eigenvalue weighted by Gasteiger charge is -2.13. The van der Waals surface area contributed by atoms with Gasteiger partial charge in [0.1, 0.15) is 11.5 Å². The molecule has 2 rings (SSSR count). The zero-order valence-electron chi connectivity index (χ0n) is 19.0. The minimum Gasteiger partial charge on any atom is -0.494 e. The Morgan fingerprint density at radius 1 is 0.909 bits per heavy atom. The van der Waals surface area contributed by atoms with Crippen LogP contribution in [0, 0.1) is 0 Å². The van der Waals surface area contributed by atoms with E-state index in [9.17, 15) is 14.4 Å². The standard InChI is InChI=1S/C24H29N3O6/c1-4-31-20-12-8-19(9-13-20)26-22(28)14-15-23(29)27-25-16-18-6-10-21(11-7-18)33-17(3)24(30)32-5-2/h6-13,16-17H,4-5,14-15H2,1-3H3,(H,26,28)(H,27,29). The van der Waals surface area contributed by atoms with Crippen LogP contribution in [-0.4, -0.2) is 43.3 Å². The monoisotopic (exact) mass is 455 g/mol. The smallest absolute Gasteiger partial charge is 0.347 e. The van der Waals surface area contributed by atoms with Gasteiger partial charge in [-0.3, -0.25) is 9.59 Å². The molecular weight excluding hydrogens is 426 g/mol. The number of carbonyl (C=O) groups is 3. The van der Waals surface area contributed by atoms with Crippen LogP contribution in [-0.2, 0) is 19.1 Å².